The van der Waals surface area contributed by atoms with Crippen molar-refractivity contribution in [3.05, 3.63) is 28.0 Å². The fourth-order valence-electron chi connectivity index (χ4n) is 0.700. The molecule has 0 aliphatic carbocycles. The van der Waals surface area contributed by atoms with Crippen molar-refractivity contribution >= 4 is 15.9 Å². The molecule has 0 bridgehead atoms. The van der Waals surface area contributed by atoms with Crippen LogP contribution in [0, 0.1) is 11.3 Å². The van der Waals surface area contributed by atoms with Gasteiger partial charge in [-0.3, -0.25) is 0 Å². The van der Waals surface area contributed by atoms with Gasteiger partial charge in [0.15, 0.2) is 0 Å². The van der Waals surface area contributed by atoms with E-state index in [1.54, 1.807) is 0 Å². The van der Waals surface area contributed by atoms with Crippen LogP contribution < -0.4 is 0 Å². The Morgan fingerprint density at radius 3 is 2.46 bits per heavy atom. The number of nitrogens with zero attached hydrogens (tertiary/aromatic N) is 2. The second-order valence-electron chi connectivity index (χ2n) is 2.17. The molecule has 0 saturated carbocycles. The number of nitriles is 1. The van der Waals surface area contributed by atoms with Gasteiger partial charge in [-0.1, -0.05) is 15.9 Å². The van der Waals surface area contributed by atoms with Crippen molar-refractivity contribution < 1.29 is 13.2 Å². The standard InChI is InChI=1S/C7H2BrF3N2/c8-4-1-5(3-12)13-6(2-4)7(9,10)11/h1-2H. The van der Waals surface area contributed by atoms with Crippen LogP contribution in [-0.2, 0) is 6.18 Å². The molecule has 0 aliphatic heterocycles. The van der Waals surface area contributed by atoms with Crippen LogP contribution in [0.25, 0.3) is 0 Å². The highest BCUT2D eigenvalue weighted by molar-refractivity contribution is 9.10. The number of alkyl halides is 3. The van der Waals surface area contributed by atoms with E-state index < -0.39 is 11.9 Å². The van der Waals surface area contributed by atoms with Crippen LogP contribution in [0.5, 0.6) is 0 Å². The zero-order chi connectivity index (χ0) is 10.1. The summed E-state index contributed by atoms with van der Waals surface area (Å²) >= 11 is 2.86. The van der Waals surface area contributed by atoms with Gasteiger partial charge in [0, 0.05) is 4.47 Å². The van der Waals surface area contributed by atoms with E-state index in [1.807, 2.05) is 0 Å². The number of hydrogen-bond donors (Lipinski definition) is 0. The third-order valence-electron chi connectivity index (χ3n) is 1.20. The van der Waals surface area contributed by atoms with Gasteiger partial charge in [0.2, 0.25) is 0 Å². The van der Waals surface area contributed by atoms with Crippen molar-refractivity contribution in [3.63, 3.8) is 0 Å². The predicted octanol–water partition coefficient (Wildman–Crippen LogP) is 2.73. The minimum absolute atomic E-state index is 0.186. The molecule has 13 heavy (non-hydrogen) atoms. The molecule has 0 atom stereocenters. The zero-order valence-corrected chi connectivity index (χ0v) is 7.65. The molecule has 0 radical (unpaired) electrons. The van der Waals surface area contributed by atoms with E-state index in [2.05, 4.69) is 20.9 Å². The smallest absolute Gasteiger partial charge is 0.233 e. The van der Waals surface area contributed by atoms with Gasteiger partial charge in [0.25, 0.3) is 0 Å². The average molecular weight is 251 g/mol. The molecule has 2 nitrogen and oxygen atoms in total. The van der Waals surface area contributed by atoms with Crippen LogP contribution in [-0.4, -0.2) is 4.98 Å². The molecule has 1 heterocycles. The number of hydrogen-bond acceptors (Lipinski definition) is 2. The van der Waals surface area contributed by atoms with E-state index in [4.69, 9.17) is 5.26 Å². The summed E-state index contributed by atoms with van der Waals surface area (Å²) in [6.07, 6.45) is -4.52. The highest BCUT2D eigenvalue weighted by atomic mass is 79.9. The molecule has 0 aliphatic rings. The Hall–Kier alpha value is -1.09. The Bertz CT molecular complexity index is 367. The molecule has 6 heteroatoms. The molecule has 0 aromatic carbocycles. The van der Waals surface area contributed by atoms with Gasteiger partial charge < -0.3 is 0 Å². The molecule has 1 aromatic rings. The molecule has 1 aromatic heterocycles. The maximum Gasteiger partial charge on any atom is 0.433 e. The first kappa shape index (κ1) is 9.99. The molecule has 68 valence electrons. The lowest BCUT2D eigenvalue weighted by atomic mass is 10.3. The third kappa shape index (κ3) is 2.42. The maximum absolute atomic E-state index is 12.1. The molecular weight excluding hydrogens is 249 g/mol. The van der Waals surface area contributed by atoms with Gasteiger partial charge in [0.1, 0.15) is 17.5 Å². The van der Waals surface area contributed by atoms with Crippen LogP contribution in [0.1, 0.15) is 11.4 Å². The quantitative estimate of drug-likeness (QED) is 0.710. The fraction of sp³-hybridized carbons (Fsp3) is 0.143. The minimum atomic E-state index is -4.52. The molecule has 0 amide bonds. The first-order valence-electron chi connectivity index (χ1n) is 3.08. The Morgan fingerprint density at radius 1 is 1.38 bits per heavy atom. The minimum Gasteiger partial charge on any atom is -0.233 e. The average Bonchev–Trinajstić information content (AvgIpc) is 2.01. The number of halogens is 4. The highest BCUT2D eigenvalue weighted by Crippen LogP contribution is 2.29. The summed E-state index contributed by atoms with van der Waals surface area (Å²) in [7, 11) is 0. The van der Waals surface area contributed by atoms with E-state index in [1.165, 1.54) is 12.1 Å². The Balaban J connectivity index is 3.26. The van der Waals surface area contributed by atoms with Crippen molar-refractivity contribution in [1.82, 2.24) is 4.98 Å². The first-order chi connectivity index (χ1) is 5.93. The first-order valence-corrected chi connectivity index (χ1v) is 3.87. The van der Waals surface area contributed by atoms with Gasteiger partial charge >= 0.3 is 6.18 Å². The van der Waals surface area contributed by atoms with Crippen LogP contribution in [0.3, 0.4) is 0 Å². The number of rotatable bonds is 0. The van der Waals surface area contributed by atoms with Crippen LogP contribution in [0.2, 0.25) is 0 Å². The molecule has 0 saturated heterocycles. The predicted molar refractivity (Wildman–Crippen MR) is 41.7 cm³/mol. The molecule has 1 rings (SSSR count). The highest BCUT2D eigenvalue weighted by Gasteiger charge is 2.33. The van der Waals surface area contributed by atoms with E-state index in [-0.39, 0.29) is 10.2 Å². The Kier molecular flexibility index (Phi) is 2.57. The SMILES string of the molecule is N#Cc1cc(Br)cc(C(F)(F)F)n1. The summed E-state index contributed by atoms with van der Waals surface area (Å²) in [4.78, 5) is 3.11. The summed E-state index contributed by atoms with van der Waals surface area (Å²) in [6.45, 7) is 0. The van der Waals surface area contributed by atoms with Crippen molar-refractivity contribution in [2.45, 2.75) is 6.18 Å². The van der Waals surface area contributed by atoms with Crippen molar-refractivity contribution in [2.75, 3.05) is 0 Å². The van der Waals surface area contributed by atoms with Gasteiger partial charge in [0.05, 0.1) is 0 Å². The van der Waals surface area contributed by atoms with Gasteiger partial charge in [-0.05, 0) is 12.1 Å². The Labute approximate surface area is 80.1 Å². The molecule has 0 unspecified atom stereocenters. The largest absolute Gasteiger partial charge is 0.433 e. The molecule has 0 N–H and O–H groups in total. The summed E-state index contributed by atoms with van der Waals surface area (Å²) in [5, 5.41) is 8.35. The second kappa shape index (κ2) is 3.34. The topological polar surface area (TPSA) is 36.7 Å². The Morgan fingerprint density at radius 2 is 2.00 bits per heavy atom. The van der Waals surface area contributed by atoms with E-state index in [0.29, 0.717) is 0 Å². The van der Waals surface area contributed by atoms with E-state index in [0.717, 1.165) is 6.07 Å². The summed E-state index contributed by atoms with van der Waals surface area (Å²) in [6, 6.07) is 3.58. The number of pyridine rings is 1. The number of aromatic nitrogens is 1. The summed E-state index contributed by atoms with van der Waals surface area (Å²) in [5.74, 6) is 0. The lowest BCUT2D eigenvalue weighted by Crippen LogP contribution is -2.08. The third-order valence-corrected chi connectivity index (χ3v) is 1.65. The van der Waals surface area contributed by atoms with Gasteiger partial charge in [-0.25, -0.2) is 4.98 Å². The summed E-state index contributed by atoms with van der Waals surface area (Å²) in [5.41, 5.74) is -1.33. The zero-order valence-electron chi connectivity index (χ0n) is 6.06. The van der Waals surface area contributed by atoms with Crippen molar-refractivity contribution in [3.8, 4) is 6.07 Å². The van der Waals surface area contributed by atoms with E-state index in [9.17, 15) is 13.2 Å². The van der Waals surface area contributed by atoms with Gasteiger partial charge in [-0.2, -0.15) is 18.4 Å². The lowest BCUT2D eigenvalue weighted by Gasteiger charge is -2.05. The van der Waals surface area contributed by atoms with Crippen LogP contribution in [0.4, 0.5) is 13.2 Å². The van der Waals surface area contributed by atoms with E-state index >= 15 is 0 Å². The second-order valence-corrected chi connectivity index (χ2v) is 3.08. The van der Waals surface area contributed by atoms with Crippen molar-refractivity contribution in [2.24, 2.45) is 0 Å². The van der Waals surface area contributed by atoms with Gasteiger partial charge in [-0.15, -0.1) is 0 Å². The lowest BCUT2D eigenvalue weighted by molar-refractivity contribution is -0.141. The molecule has 0 spiro atoms. The fourth-order valence-corrected chi connectivity index (χ4v) is 1.13. The normalized spacial score (nSPS) is 11.0. The summed E-state index contributed by atoms with van der Waals surface area (Å²) < 4.78 is 36.5. The van der Waals surface area contributed by atoms with Crippen LogP contribution in [0.15, 0.2) is 16.6 Å². The maximum atomic E-state index is 12.1. The van der Waals surface area contributed by atoms with Crippen LogP contribution >= 0.6 is 15.9 Å². The molecular formula is C7H2BrF3N2. The monoisotopic (exact) mass is 250 g/mol. The molecule has 0 fully saturated rings. The van der Waals surface area contributed by atoms with Crippen molar-refractivity contribution in [1.29, 1.82) is 5.26 Å².